The number of carbonyl (C=O) groups is 2. The van der Waals surface area contributed by atoms with Crippen LogP contribution in [-0.4, -0.2) is 34.8 Å². The summed E-state index contributed by atoms with van der Waals surface area (Å²) in [6, 6.07) is 0.288. The average molecular weight is 187 g/mol. The Morgan fingerprint density at radius 3 is 3.08 bits per heavy atom. The summed E-state index contributed by atoms with van der Waals surface area (Å²) in [6.07, 6.45) is 3.00. The minimum Gasteiger partial charge on any atom is -0.341 e. The van der Waals surface area contributed by atoms with Crippen LogP contribution in [0, 0.1) is 0 Å². The van der Waals surface area contributed by atoms with Crippen LogP contribution in [0.4, 0.5) is 0 Å². The molecule has 0 radical (unpaired) electrons. The normalized spacial score (nSPS) is 22.8. The van der Waals surface area contributed by atoms with Gasteiger partial charge in [-0.05, 0) is 12.8 Å². The van der Waals surface area contributed by atoms with Crippen LogP contribution in [0.1, 0.15) is 19.8 Å². The first-order valence-corrected chi connectivity index (χ1v) is 5.07. The molecule has 0 unspecified atom stereocenters. The van der Waals surface area contributed by atoms with Crippen molar-refractivity contribution in [3.63, 3.8) is 0 Å². The van der Waals surface area contributed by atoms with Gasteiger partial charge in [0, 0.05) is 25.3 Å². The molecule has 0 saturated carbocycles. The van der Waals surface area contributed by atoms with Crippen molar-refractivity contribution in [1.82, 2.24) is 4.90 Å². The maximum absolute atomic E-state index is 10.7. The van der Waals surface area contributed by atoms with E-state index < -0.39 is 0 Å². The molecule has 0 bridgehead atoms. The first-order chi connectivity index (χ1) is 5.74. The van der Waals surface area contributed by atoms with E-state index in [1.165, 1.54) is 11.8 Å². The zero-order valence-electron chi connectivity index (χ0n) is 7.16. The molecule has 12 heavy (non-hydrogen) atoms. The van der Waals surface area contributed by atoms with Crippen LogP contribution in [-0.2, 0) is 9.59 Å². The van der Waals surface area contributed by atoms with Crippen molar-refractivity contribution < 1.29 is 9.59 Å². The monoisotopic (exact) mass is 187 g/mol. The van der Waals surface area contributed by atoms with Crippen molar-refractivity contribution in [2.75, 3.05) is 12.3 Å². The molecule has 0 spiro atoms. The van der Waals surface area contributed by atoms with Crippen LogP contribution in [0.15, 0.2) is 0 Å². The third kappa shape index (κ3) is 2.52. The van der Waals surface area contributed by atoms with Crippen molar-refractivity contribution in [3.8, 4) is 0 Å². The lowest BCUT2D eigenvalue weighted by molar-refractivity contribution is -0.118. The summed E-state index contributed by atoms with van der Waals surface area (Å²) in [5.74, 6) is 0.758. The second kappa shape index (κ2) is 4.50. The first-order valence-electron chi connectivity index (χ1n) is 4.08. The molecule has 1 amide bonds. The molecule has 0 aliphatic carbocycles. The van der Waals surface area contributed by atoms with Gasteiger partial charge < -0.3 is 4.90 Å². The second-order valence-electron chi connectivity index (χ2n) is 2.94. The summed E-state index contributed by atoms with van der Waals surface area (Å²) in [7, 11) is 0. The van der Waals surface area contributed by atoms with Crippen molar-refractivity contribution in [2.24, 2.45) is 0 Å². The van der Waals surface area contributed by atoms with Crippen LogP contribution < -0.4 is 0 Å². The molecule has 1 rings (SSSR count). The minimum absolute atomic E-state index is 0.132. The Morgan fingerprint density at radius 1 is 1.75 bits per heavy atom. The Morgan fingerprint density at radius 2 is 2.50 bits per heavy atom. The molecule has 1 heterocycles. The fraction of sp³-hybridized carbons (Fsp3) is 0.750. The highest BCUT2D eigenvalue weighted by atomic mass is 32.2. The van der Waals surface area contributed by atoms with E-state index in [1.807, 2.05) is 0 Å². The molecular formula is C8H13NO2S. The third-order valence-corrected chi connectivity index (χ3v) is 3.00. The lowest BCUT2D eigenvalue weighted by Gasteiger charge is -2.18. The number of hydrogen-bond acceptors (Lipinski definition) is 3. The SMILES string of the molecule is CC(=O)SC[C@@H]1CCCN1C=O. The standard InChI is InChI=1S/C8H13NO2S/c1-7(11)12-5-8-3-2-4-9(8)6-10/h6,8H,2-5H2,1H3/t8-/m0/s1. The number of carbonyl (C=O) groups excluding carboxylic acids is 2. The zero-order valence-corrected chi connectivity index (χ0v) is 7.97. The molecule has 3 nitrogen and oxygen atoms in total. The number of thioether (sulfide) groups is 1. The molecule has 1 atom stereocenters. The second-order valence-corrected chi connectivity index (χ2v) is 4.14. The van der Waals surface area contributed by atoms with Gasteiger partial charge in [0.15, 0.2) is 5.12 Å². The molecule has 1 saturated heterocycles. The van der Waals surface area contributed by atoms with Gasteiger partial charge in [-0.2, -0.15) is 0 Å². The number of amides is 1. The Balaban J connectivity index is 2.30. The van der Waals surface area contributed by atoms with Crippen LogP contribution in [0.5, 0.6) is 0 Å². The van der Waals surface area contributed by atoms with Crippen molar-refractivity contribution in [1.29, 1.82) is 0 Å². The molecule has 1 aliphatic heterocycles. The van der Waals surface area contributed by atoms with Crippen LogP contribution in [0.3, 0.4) is 0 Å². The topological polar surface area (TPSA) is 37.4 Å². The van der Waals surface area contributed by atoms with E-state index >= 15 is 0 Å². The average Bonchev–Trinajstić information content (AvgIpc) is 2.47. The molecule has 0 N–H and O–H groups in total. The van der Waals surface area contributed by atoms with Gasteiger partial charge in [0.2, 0.25) is 6.41 Å². The summed E-state index contributed by atoms with van der Waals surface area (Å²) >= 11 is 1.31. The minimum atomic E-state index is 0.132. The maximum atomic E-state index is 10.7. The van der Waals surface area contributed by atoms with E-state index in [0.29, 0.717) is 0 Å². The van der Waals surface area contributed by atoms with Crippen LogP contribution in [0.25, 0.3) is 0 Å². The van der Waals surface area contributed by atoms with Gasteiger partial charge in [0.1, 0.15) is 0 Å². The zero-order chi connectivity index (χ0) is 8.97. The van der Waals surface area contributed by atoms with E-state index in [-0.39, 0.29) is 11.2 Å². The fourth-order valence-electron chi connectivity index (χ4n) is 1.39. The molecule has 0 aromatic heterocycles. The number of rotatable bonds is 3. The Kier molecular flexibility index (Phi) is 3.59. The smallest absolute Gasteiger partial charge is 0.209 e. The van der Waals surface area contributed by atoms with Crippen molar-refractivity contribution in [3.05, 3.63) is 0 Å². The van der Waals surface area contributed by atoms with E-state index in [0.717, 1.165) is 31.5 Å². The molecular weight excluding hydrogens is 174 g/mol. The predicted molar refractivity (Wildman–Crippen MR) is 48.9 cm³/mol. The first kappa shape index (κ1) is 9.58. The molecule has 0 aromatic carbocycles. The summed E-state index contributed by atoms with van der Waals surface area (Å²) in [4.78, 5) is 22.9. The van der Waals surface area contributed by atoms with Crippen LogP contribution >= 0.6 is 11.8 Å². The quantitative estimate of drug-likeness (QED) is 0.616. The fourth-order valence-corrected chi connectivity index (χ4v) is 2.17. The lowest BCUT2D eigenvalue weighted by Crippen LogP contribution is -2.30. The summed E-state index contributed by atoms with van der Waals surface area (Å²) < 4.78 is 0. The molecule has 68 valence electrons. The Hall–Kier alpha value is -0.510. The summed E-state index contributed by atoms with van der Waals surface area (Å²) in [5.41, 5.74) is 0. The van der Waals surface area contributed by atoms with Gasteiger partial charge in [-0.1, -0.05) is 11.8 Å². The largest absolute Gasteiger partial charge is 0.341 e. The summed E-state index contributed by atoms with van der Waals surface area (Å²) in [5, 5.41) is 0.132. The van der Waals surface area contributed by atoms with Gasteiger partial charge in [0.05, 0.1) is 0 Å². The van der Waals surface area contributed by atoms with Gasteiger partial charge in [-0.3, -0.25) is 9.59 Å². The van der Waals surface area contributed by atoms with E-state index in [9.17, 15) is 9.59 Å². The highest BCUT2D eigenvalue weighted by Gasteiger charge is 2.22. The van der Waals surface area contributed by atoms with E-state index in [2.05, 4.69) is 0 Å². The van der Waals surface area contributed by atoms with Crippen molar-refractivity contribution >= 4 is 23.3 Å². The Bertz CT molecular complexity index is 184. The lowest BCUT2D eigenvalue weighted by atomic mass is 10.2. The molecule has 1 fully saturated rings. The molecule has 0 aromatic rings. The van der Waals surface area contributed by atoms with Gasteiger partial charge in [0.25, 0.3) is 0 Å². The summed E-state index contributed by atoms with van der Waals surface area (Å²) in [6.45, 7) is 2.41. The van der Waals surface area contributed by atoms with Crippen molar-refractivity contribution in [2.45, 2.75) is 25.8 Å². The third-order valence-electron chi connectivity index (χ3n) is 2.04. The number of likely N-dealkylation sites (tertiary alicyclic amines) is 1. The Labute approximate surface area is 76.5 Å². The van der Waals surface area contributed by atoms with Gasteiger partial charge in [-0.25, -0.2) is 0 Å². The highest BCUT2D eigenvalue weighted by molar-refractivity contribution is 8.13. The maximum Gasteiger partial charge on any atom is 0.209 e. The van der Waals surface area contributed by atoms with Gasteiger partial charge >= 0.3 is 0 Å². The number of hydrogen-bond donors (Lipinski definition) is 0. The van der Waals surface area contributed by atoms with E-state index in [1.54, 1.807) is 11.8 Å². The predicted octanol–water partition coefficient (Wildman–Crippen LogP) is 0.887. The molecule has 4 heteroatoms. The van der Waals surface area contributed by atoms with Crippen LogP contribution in [0.2, 0.25) is 0 Å². The number of nitrogens with zero attached hydrogens (tertiary/aromatic N) is 1. The molecule has 1 aliphatic rings. The van der Waals surface area contributed by atoms with Gasteiger partial charge in [-0.15, -0.1) is 0 Å². The van der Waals surface area contributed by atoms with E-state index in [4.69, 9.17) is 0 Å². The highest BCUT2D eigenvalue weighted by Crippen LogP contribution is 2.19.